The molecule has 0 radical (unpaired) electrons. The maximum Gasteiger partial charge on any atom is 0.256 e. The van der Waals surface area contributed by atoms with Crippen LogP contribution in [0.15, 0.2) is 41.1 Å². The highest BCUT2D eigenvalue weighted by molar-refractivity contribution is 6.08. The molecule has 0 saturated heterocycles. The van der Waals surface area contributed by atoms with Gasteiger partial charge in [0, 0.05) is 17.8 Å². The summed E-state index contributed by atoms with van der Waals surface area (Å²) in [7, 11) is 0. The molecule has 0 aliphatic rings. The summed E-state index contributed by atoms with van der Waals surface area (Å²) in [4.78, 5) is 31.5. The maximum atomic E-state index is 12.5. The molecular weight excluding hydrogens is 338 g/mol. The summed E-state index contributed by atoms with van der Waals surface area (Å²) in [5, 5.41) is 12.1. The minimum Gasteiger partial charge on any atom is -0.486 e. The van der Waals surface area contributed by atoms with Crippen molar-refractivity contribution in [2.24, 2.45) is 0 Å². The highest BCUT2D eigenvalue weighted by Gasteiger charge is 2.21. The zero-order chi connectivity index (χ0) is 18.5. The van der Waals surface area contributed by atoms with Gasteiger partial charge in [-0.2, -0.15) is 0 Å². The maximum absolute atomic E-state index is 12.5. The Hall–Kier alpha value is -3.26. The van der Waals surface area contributed by atoms with Crippen molar-refractivity contribution in [1.29, 1.82) is 0 Å². The smallest absolute Gasteiger partial charge is 0.256 e. The van der Waals surface area contributed by atoms with Crippen molar-refractivity contribution in [3.05, 3.63) is 53.8 Å². The van der Waals surface area contributed by atoms with Crippen LogP contribution in [-0.4, -0.2) is 39.9 Å². The van der Waals surface area contributed by atoms with Crippen molar-refractivity contribution in [2.45, 2.75) is 19.6 Å². The summed E-state index contributed by atoms with van der Waals surface area (Å²) >= 11 is 0. The molecule has 1 unspecified atom stereocenters. The fraction of sp³-hybridized carbons (Fsp3) is 0.222. The number of nitrogens with zero attached hydrogens (tertiary/aromatic N) is 2. The zero-order valence-electron chi connectivity index (χ0n) is 14.0. The number of aryl methyl sites for hydroxylation is 1. The van der Waals surface area contributed by atoms with Gasteiger partial charge in [0.15, 0.2) is 5.82 Å². The number of carbonyl (C=O) groups excluding carboxylic acids is 2. The number of furan rings is 1. The number of aromatic nitrogens is 2. The topological polar surface area (TPSA) is 115 Å². The van der Waals surface area contributed by atoms with E-state index in [4.69, 9.17) is 14.3 Å². The van der Waals surface area contributed by atoms with Gasteiger partial charge < -0.3 is 24.4 Å². The molecule has 8 nitrogen and oxygen atoms in total. The van der Waals surface area contributed by atoms with Crippen LogP contribution in [0, 0.1) is 6.92 Å². The number of aldehydes is 1. The van der Waals surface area contributed by atoms with Crippen molar-refractivity contribution in [3.63, 3.8) is 0 Å². The van der Waals surface area contributed by atoms with Crippen LogP contribution in [0.3, 0.4) is 0 Å². The Morgan fingerprint density at radius 2 is 2.15 bits per heavy atom. The molecule has 134 valence electrons. The Balaban J connectivity index is 1.86. The number of rotatable bonds is 7. The average Bonchev–Trinajstić information content (AvgIpc) is 3.00. The Morgan fingerprint density at radius 3 is 2.85 bits per heavy atom. The van der Waals surface area contributed by atoms with Crippen LogP contribution in [0.25, 0.3) is 11.0 Å². The van der Waals surface area contributed by atoms with Crippen molar-refractivity contribution >= 4 is 23.2 Å². The molecule has 1 atom stereocenters. The molecule has 0 spiro atoms. The predicted octanol–water partition coefficient (Wildman–Crippen LogP) is 1.40. The van der Waals surface area contributed by atoms with E-state index in [1.54, 1.807) is 43.6 Å². The minimum atomic E-state index is -0.971. The van der Waals surface area contributed by atoms with Crippen molar-refractivity contribution in [3.8, 4) is 5.75 Å². The van der Waals surface area contributed by atoms with E-state index in [1.165, 1.54) is 0 Å². The first kappa shape index (κ1) is 17.6. The number of fused-ring (bicyclic) bond motifs is 1. The molecule has 0 saturated carbocycles. The first-order chi connectivity index (χ1) is 12.6. The predicted molar refractivity (Wildman–Crippen MR) is 91.7 cm³/mol. The Bertz CT molecular complexity index is 923. The molecule has 2 aromatic heterocycles. The molecule has 0 aliphatic heterocycles. The molecule has 3 aromatic rings. The number of hydrogen-bond acceptors (Lipinski definition) is 7. The molecule has 1 amide bonds. The van der Waals surface area contributed by atoms with Gasteiger partial charge in [0.05, 0.1) is 12.2 Å². The van der Waals surface area contributed by atoms with E-state index in [9.17, 15) is 9.59 Å². The van der Waals surface area contributed by atoms with Crippen LogP contribution in [0.5, 0.6) is 5.75 Å². The summed E-state index contributed by atoms with van der Waals surface area (Å²) in [6.45, 7) is 1.36. The third-order valence-corrected chi connectivity index (χ3v) is 3.73. The second kappa shape index (κ2) is 7.75. The highest BCUT2D eigenvalue weighted by Crippen LogP contribution is 2.29. The van der Waals surface area contributed by atoms with Crippen molar-refractivity contribution in [1.82, 2.24) is 15.3 Å². The number of aliphatic hydroxyl groups excluding tert-OH is 1. The molecule has 1 aromatic carbocycles. The largest absolute Gasteiger partial charge is 0.486 e. The van der Waals surface area contributed by atoms with Gasteiger partial charge in [-0.3, -0.25) is 4.79 Å². The van der Waals surface area contributed by atoms with Crippen LogP contribution in [-0.2, 0) is 11.4 Å². The number of amides is 1. The van der Waals surface area contributed by atoms with Gasteiger partial charge in [-0.1, -0.05) is 0 Å². The van der Waals surface area contributed by atoms with Gasteiger partial charge in [0.1, 0.15) is 36.0 Å². The van der Waals surface area contributed by atoms with Gasteiger partial charge >= 0.3 is 0 Å². The Morgan fingerprint density at radius 1 is 1.38 bits per heavy atom. The van der Waals surface area contributed by atoms with Crippen LogP contribution in [0.1, 0.15) is 21.9 Å². The minimum absolute atomic E-state index is 0.183. The molecule has 2 N–H and O–H groups in total. The van der Waals surface area contributed by atoms with Crippen molar-refractivity contribution in [2.75, 3.05) is 6.61 Å². The SMILES string of the molecule is Cc1oc2ccc(OCc3ncccn3)cc2c1C(=O)NC(C=O)CO. The number of carbonyl (C=O) groups is 2. The summed E-state index contributed by atoms with van der Waals surface area (Å²) in [5.41, 5.74) is 0.810. The molecule has 0 aliphatic carbocycles. The Kier molecular flexibility index (Phi) is 5.23. The standard InChI is InChI=1S/C18H17N3O5/c1-11-17(18(24)21-12(8-22)9-23)14-7-13(3-4-15(14)26-11)25-10-16-19-5-2-6-20-16/h2-8,12,23H,9-10H2,1H3,(H,21,24). The third kappa shape index (κ3) is 3.70. The lowest BCUT2D eigenvalue weighted by molar-refractivity contribution is -0.110. The molecule has 0 fully saturated rings. The summed E-state index contributed by atoms with van der Waals surface area (Å²) in [5.74, 6) is 0.958. The van der Waals surface area contributed by atoms with Gasteiger partial charge in [-0.15, -0.1) is 0 Å². The van der Waals surface area contributed by atoms with Gasteiger partial charge in [-0.05, 0) is 31.2 Å². The first-order valence-electron chi connectivity index (χ1n) is 7.91. The lowest BCUT2D eigenvalue weighted by atomic mass is 10.1. The molecule has 2 heterocycles. The molecular formula is C18H17N3O5. The number of benzene rings is 1. The van der Waals surface area contributed by atoms with Crippen LogP contribution < -0.4 is 10.1 Å². The molecule has 8 heteroatoms. The van der Waals surface area contributed by atoms with Gasteiger partial charge in [0.25, 0.3) is 5.91 Å². The normalized spacial score (nSPS) is 11.9. The molecule has 0 bridgehead atoms. The zero-order valence-corrected chi connectivity index (χ0v) is 14.0. The van der Waals surface area contributed by atoms with Gasteiger partial charge in [0.2, 0.25) is 0 Å². The summed E-state index contributed by atoms with van der Waals surface area (Å²) < 4.78 is 11.3. The van der Waals surface area contributed by atoms with E-state index in [-0.39, 0.29) is 6.61 Å². The highest BCUT2D eigenvalue weighted by atomic mass is 16.5. The fourth-order valence-electron chi connectivity index (χ4n) is 2.49. The van der Waals surface area contributed by atoms with Crippen molar-refractivity contribution < 1.29 is 23.8 Å². The van der Waals surface area contributed by atoms with E-state index in [2.05, 4.69) is 15.3 Å². The summed E-state index contributed by atoms with van der Waals surface area (Å²) in [6.07, 6.45) is 3.73. The van der Waals surface area contributed by atoms with E-state index < -0.39 is 18.6 Å². The van der Waals surface area contributed by atoms with Gasteiger partial charge in [-0.25, -0.2) is 9.97 Å². The Labute approximate surface area is 148 Å². The van der Waals surface area contributed by atoms with E-state index in [0.29, 0.717) is 40.2 Å². The number of nitrogens with one attached hydrogen (secondary N) is 1. The second-order valence-corrected chi connectivity index (χ2v) is 5.54. The monoisotopic (exact) mass is 355 g/mol. The number of ether oxygens (including phenoxy) is 1. The third-order valence-electron chi connectivity index (χ3n) is 3.73. The van der Waals surface area contributed by atoms with E-state index >= 15 is 0 Å². The number of hydrogen-bond donors (Lipinski definition) is 2. The summed E-state index contributed by atoms with van der Waals surface area (Å²) in [6, 6.07) is 5.84. The van der Waals surface area contributed by atoms with Crippen LogP contribution >= 0.6 is 0 Å². The first-order valence-corrected chi connectivity index (χ1v) is 7.91. The second-order valence-electron chi connectivity index (χ2n) is 5.54. The molecule has 3 rings (SSSR count). The average molecular weight is 355 g/mol. The van der Waals surface area contributed by atoms with E-state index in [0.717, 1.165) is 0 Å². The lowest BCUT2D eigenvalue weighted by Crippen LogP contribution is -2.38. The fourth-order valence-corrected chi connectivity index (χ4v) is 2.49. The van der Waals surface area contributed by atoms with E-state index in [1.807, 2.05) is 0 Å². The molecule has 26 heavy (non-hydrogen) atoms. The van der Waals surface area contributed by atoms with Crippen LogP contribution in [0.2, 0.25) is 0 Å². The van der Waals surface area contributed by atoms with Crippen LogP contribution in [0.4, 0.5) is 0 Å². The quantitative estimate of drug-likeness (QED) is 0.616. The lowest BCUT2D eigenvalue weighted by Gasteiger charge is -2.09. The number of aliphatic hydroxyl groups is 1.